The molecule has 27 heavy (non-hydrogen) atoms. The molecular formula is C17H12F3N3O4. The van der Waals surface area contributed by atoms with Gasteiger partial charge in [0, 0.05) is 12.1 Å². The minimum Gasteiger partial charge on any atom is -0.486 e. The van der Waals surface area contributed by atoms with E-state index in [4.69, 9.17) is 4.74 Å². The molecule has 3 rings (SSSR count). The SMILES string of the molecule is O=C(COc1cccc(C(F)(F)F)c1)Cn1cnc2ccc([N+](=O)[O-])cc21. The number of ketones is 1. The van der Waals surface area contributed by atoms with Gasteiger partial charge in [-0.25, -0.2) is 4.98 Å². The molecule has 10 heteroatoms. The number of benzene rings is 2. The number of aromatic nitrogens is 2. The van der Waals surface area contributed by atoms with Crippen molar-refractivity contribution in [2.24, 2.45) is 0 Å². The molecule has 1 aromatic heterocycles. The highest BCUT2D eigenvalue weighted by Gasteiger charge is 2.30. The summed E-state index contributed by atoms with van der Waals surface area (Å²) in [5, 5.41) is 10.9. The number of nitro groups is 1. The largest absolute Gasteiger partial charge is 0.486 e. The Labute approximate surface area is 150 Å². The highest BCUT2D eigenvalue weighted by Crippen LogP contribution is 2.31. The lowest BCUT2D eigenvalue weighted by atomic mass is 10.2. The van der Waals surface area contributed by atoms with E-state index < -0.39 is 29.1 Å². The fraction of sp³-hybridized carbons (Fsp3) is 0.176. The molecule has 0 saturated heterocycles. The van der Waals surface area contributed by atoms with E-state index in [9.17, 15) is 28.1 Å². The van der Waals surface area contributed by atoms with Crippen molar-refractivity contribution in [1.29, 1.82) is 0 Å². The normalized spacial score (nSPS) is 11.5. The molecule has 0 atom stereocenters. The lowest BCUT2D eigenvalue weighted by Crippen LogP contribution is -2.17. The van der Waals surface area contributed by atoms with Crippen molar-refractivity contribution >= 4 is 22.5 Å². The van der Waals surface area contributed by atoms with Crippen LogP contribution in [0.15, 0.2) is 48.8 Å². The van der Waals surface area contributed by atoms with Crippen LogP contribution in [-0.2, 0) is 17.5 Å². The summed E-state index contributed by atoms with van der Waals surface area (Å²) in [6.07, 6.45) is -3.15. The molecule has 0 spiro atoms. The van der Waals surface area contributed by atoms with Crippen LogP contribution in [0.5, 0.6) is 5.75 Å². The van der Waals surface area contributed by atoms with Crippen LogP contribution in [-0.4, -0.2) is 26.9 Å². The number of ether oxygens (including phenoxy) is 1. The number of non-ortho nitro benzene ring substituents is 1. The standard InChI is InChI=1S/C17H12F3N3O4/c18-17(19,20)11-2-1-3-14(6-11)27-9-13(24)8-22-10-21-15-5-4-12(23(25)26)7-16(15)22/h1-7,10H,8-9H2. The van der Waals surface area contributed by atoms with Crippen molar-refractivity contribution in [3.05, 3.63) is 64.5 Å². The second-order valence-electron chi connectivity index (χ2n) is 5.66. The van der Waals surface area contributed by atoms with Crippen molar-refractivity contribution in [3.63, 3.8) is 0 Å². The van der Waals surface area contributed by atoms with Crippen LogP contribution in [0.3, 0.4) is 0 Å². The molecular weight excluding hydrogens is 367 g/mol. The minimum absolute atomic E-state index is 0.0793. The van der Waals surface area contributed by atoms with Gasteiger partial charge in [0.05, 0.1) is 34.4 Å². The van der Waals surface area contributed by atoms with Gasteiger partial charge < -0.3 is 9.30 Å². The third-order valence-electron chi connectivity index (χ3n) is 3.72. The summed E-state index contributed by atoms with van der Waals surface area (Å²) in [6.45, 7) is -0.632. The highest BCUT2D eigenvalue weighted by molar-refractivity contribution is 5.83. The number of hydrogen-bond donors (Lipinski definition) is 0. The Hall–Kier alpha value is -3.43. The zero-order chi connectivity index (χ0) is 19.6. The molecule has 0 unspecified atom stereocenters. The Morgan fingerprint density at radius 2 is 2.00 bits per heavy atom. The maximum absolute atomic E-state index is 12.7. The number of nitro benzene ring substituents is 1. The van der Waals surface area contributed by atoms with Crippen LogP contribution in [0, 0.1) is 10.1 Å². The molecule has 0 aliphatic rings. The summed E-state index contributed by atoms with van der Waals surface area (Å²) >= 11 is 0. The molecule has 1 heterocycles. The minimum atomic E-state index is -4.51. The Morgan fingerprint density at radius 3 is 2.70 bits per heavy atom. The third-order valence-corrected chi connectivity index (χ3v) is 3.72. The second-order valence-corrected chi connectivity index (χ2v) is 5.66. The second kappa shape index (κ2) is 7.06. The maximum Gasteiger partial charge on any atom is 0.416 e. The molecule has 0 N–H and O–H groups in total. The number of carbonyl (C=O) groups is 1. The van der Waals surface area contributed by atoms with Crippen LogP contribution in [0.1, 0.15) is 5.56 Å². The summed E-state index contributed by atoms with van der Waals surface area (Å²) in [4.78, 5) is 26.5. The molecule has 0 bridgehead atoms. The van der Waals surface area contributed by atoms with Gasteiger partial charge in [0.25, 0.3) is 5.69 Å². The smallest absolute Gasteiger partial charge is 0.416 e. The molecule has 0 aliphatic heterocycles. The first kappa shape index (κ1) is 18.4. The van der Waals surface area contributed by atoms with Crippen LogP contribution >= 0.6 is 0 Å². The summed E-state index contributed by atoms with van der Waals surface area (Å²) < 4.78 is 44.6. The molecule has 3 aromatic rings. The first-order valence-corrected chi connectivity index (χ1v) is 7.65. The van der Waals surface area contributed by atoms with Gasteiger partial charge in [0.2, 0.25) is 0 Å². The molecule has 140 valence electrons. The Balaban J connectivity index is 1.69. The Bertz CT molecular complexity index is 1010. The van der Waals surface area contributed by atoms with Crippen molar-refractivity contribution in [2.75, 3.05) is 6.61 Å². The van der Waals surface area contributed by atoms with Gasteiger partial charge in [-0.3, -0.25) is 14.9 Å². The molecule has 0 amide bonds. The van der Waals surface area contributed by atoms with Crippen molar-refractivity contribution in [3.8, 4) is 5.75 Å². The predicted octanol–water partition coefficient (Wildman–Crippen LogP) is 3.61. The van der Waals surface area contributed by atoms with Crippen LogP contribution in [0.25, 0.3) is 11.0 Å². The van der Waals surface area contributed by atoms with Gasteiger partial charge in [-0.1, -0.05) is 6.07 Å². The molecule has 0 fully saturated rings. The predicted molar refractivity (Wildman–Crippen MR) is 88.3 cm³/mol. The highest BCUT2D eigenvalue weighted by atomic mass is 19.4. The summed E-state index contributed by atoms with van der Waals surface area (Å²) in [7, 11) is 0. The third kappa shape index (κ3) is 4.22. The summed E-state index contributed by atoms with van der Waals surface area (Å²) in [5.41, 5.74) is -0.138. The van der Waals surface area contributed by atoms with E-state index >= 15 is 0 Å². The fourth-order valence-electron chi connectivity index (χ4n) is 2.45. The molecule has 7 nitrogen and oxygen atoms in total. The monoisotopic (exact) mass is 379 g/mol. The number of fused-ring (bicyclic) bond motifs is 1. The lowest BCUT2D eigenvalue weighted by Gasteiger charge is -2.10. The lowest BCUT2D eigenvalue weighted by molar-refractivity contribution is -0.384. The van der Waals surface area contributed by atoms with E-state index in [-0.39, 0.29) is 18.0 Å². The van der Waals surface area contributed by atoms with E-state index in [2.05, 4.69) is 4.98 Å². The molecule has 2 aromatic carbocycles. The van der Waals surface area contributed by atoms with Gasteiger partial charge in [0.15, 0.2) is 5.78 Å². The number of Topliss-reactive ketones (excluding diaryl/α,β-unsaturated/α-hetero) is 1. The van der Waals surface area contributed by atoms with E-state index in [1.54, 1.807) is 0 Å². The number of hydrogen-bond acceptors (Lipinski definition) is 5. The number of carbonyl (C=O) groups excluding carboxylic acids is 1. The maximum atomic E-state index is 12.7. The van der Waals surface area contributed by atoms with E-state index in [0.29, 0.717) is 11.0 Å². The molecule has 0 aliphatic carbocycles. The van der Waals surface area contributed by atoms with Crippen LogP contribution < -0.4 is 4.74 Å². The van der Waals surface area contributed by atoms with Crippen LogP contribution in [0.2, 0.25) is 0 Å². The van der Waals surface area contributed by atoms with E-state index in [0.717, 1.165) is 12.1 Å². The zero-order valence-corrected chi connectivity index (χ0v) is 13.6. The topological polar surface area (TPSA) is 87.3 Å². The number of nitrogens with zero attached hydrogens (tertiary/aromatic N) is 3. The van der Waals surface area contributed by atoms with E-state index in [1.165, 1.54) is 41.2 Å². The molecule has 0 saturated carbocycles. The molecule has 0 radical (unpaired) electrons. The fourth-order valence-corrected chi connectivity index (χ4v) is 2.45. The summed E-state index contributed by atoms with van der Waals surface area (Å²) in [5.74, 6) is -0.512. The van der Waals surface area contributed by atoms with Gasteiger partial charge in [0.1, 0.15) is 12.4 Å². The van der Waals surface area contributed by atoms with Crippen molar-refractivity contribution in [2.45, 2.75) is 12.7 Å². The Kier molecular flexibility index (Phi) is 4.80. The van der Waals surface area contributed by atoms with Gasteiger partial charge in [-0.2, -0.15) is 13.2 Å². The number of rotatable bonds is 6. The van der Waals surface area contributed by atoms with Gasteiger partial charge in [-0.05, 0) is 24.3 Å². The number of halogens is 3. The van der Waals surface area contributed by atoms with E-state index in [1.807, 2.05) is 0 Å². The average molecular weight is 379 g/mol. The number of alkyl halides is 3. The Morgan fingerprint density at radius 1 is 1.22 bits per heavy atom. The first-order chi connectivity index (χ1) is 12.7. The van der Waals surface area contributed by atoms with Crippen LogP contribution in [0.4, 0.5) is 18.9 Å². The quantitative estimate of drug-likeness (QED) is 0.482. The number of imidazole rings is 1. The van der Waals surface area contributed by atoms with Gasteiger partial charge >= 0.3 is 6.18 Å². The van der Waals surface area contributed by atoms with Gasteiger partial charge in [-0.15, -0.1) is 0 Å². The zero-order valence-electron chi connectivity index (χ0n) is 13.6. The average Bonchev–Trinajstić information content (AvgIpc) is 3.01. The first-order valence-electron chi connectivity index (χ1n) is 7.65. The summed E-state index contributed by atoms with van der Waals surface area (Å²) in [6, 6.07) is 8.28. The van der Waals surface area contributed by atoms with Crippen molar-refractivity contribution < 1.29 is 27.6 Å². The van der Waals surface area contributed by atoms with Crippen molar-refractivity contribution in [1.82, 2.24) is 9.55 Å².